The van der Waals surface area contributed by atoms with E-state index in [1.165, 1.54) is 38.5 Å². The molecular formula is C17H24N2. The number of hydrogen-bond donors (Lipinski definition) is 1. The van der Waals surface area contributed by atoms with Crippen molar-refractivity contribution < 1.29 is 0 Å². The van der Waals surface area contributed by atoms with Crippen LogP contribution in [0.25, 0.3) is 0 Å². The van der Waals surface area contributed by atoms with E-state index in [-0.39, 0.29) is 0 Å². The monoisotopic (exact) mass is 256 g/mol. The van der Waals surface area contributed by atoms with Gasteiger partial charge in [0, 0.05) is 24.2 Å². The first kappa shape index (κ1) is 11.9. The van der Waals surface area contributed by atoms with Crippen LogP contribution in [0.1, 0.15) is 36.8 Å². The standard InChI is InChI=1S/C17H24N2/c1-19(17-10-14-6-7-15(11-17)18-14)16-8-12-4-2-3-5-13(12)9-16/h2-5,14-18H,6-11H2,1H3. The highest BCUT2D eigenvalue weighted by Crippen LogP contribution is 2.33. The van der Waals surface area contributed by atoms with E-state index in [1.54, 1.807) is 11.1 Å². The molecular weight excluding hydrogens is 232 g/mol. The van der Waals surface area contributed by atoms with Gasteiger partial charge in [0.25, 0.3) is 0 Å². The highest BCUT2D eigenvalue weighted by atomic mass is 15.2. The van der Waals surface area contributed by atoms with Gasteiger partial charge in [-0.15, -0.1) is 0 Å². The van der Waals surface area contributed by atoms with E-state index >= 15 is 0 Å². The predicted molar refractivity (Wildman–Crippen MR) is 78.4 cm³/mol. The van der Waals surface area contributed by atoms with Gasteiger partial charge in [0.15, 0.2) is 0 Å². The average Bonchev–Trinajstić information content (AvgIpc) is 3.01. The van der Waals surface area contributed by atoms with E-state index in [1.807, 2.05) is 0 Å². The summed E-state index contributed by atoms with van der Waals surface area (Å²) in [6.45, 7) is 0. The topological polar surface area (TPSA) is 15.3 Å². The van der Waals surface area contributed by atoms with Crippen molar-refractivity contribution in [3.05, 3.63) is 35.4 Å². The van der Waals surface area contributed by atoms with Crippen molar-refractivity contribution in [1.82, 2.24) is 10.2 Å². The zero-order chi connectivity index (χ0) is 12.8. The number of nitrogens with zero attached hydrogens (tertiary/aromatic N) is 1. The molecule has 2 heteroatoms. The van der Waals surface area contributed by atoms with Crippen molar-refractivity contribution in [2.45, 2.75) is 62.7 Å². The van der Waals surface area contributed by atoms with Gasteiger partial charge in [-0.25, -0.2) is 0 Å². The molecule has 2 atom stereocenters. The van der Waals surface area contributed by atoms with E-state index in [0.29, 0.717) is 0 Å². The summed E-state index contributed by atoms with van der Waals surface area (Å²) < 4.78 is 0. The molecule has 19 heavy (non-hydrogen) atoms. The summed E-state index contributed by atoms with van der Waals surface area (Å²) in [6, 6.07) is 12.1. The molecule has 102 valence electrons. The Kier molecular flexibility index (Phi) is 2.89. The van der Waals surface area contributed by atoms with Crippen LogP contribution in [-0.4, -0.2) is 36.1 Å². The van der Waals surface area contributed by atoms with Crippen LogP contribution in [0.3, 0.4) is 0 Å². The number of fused-ring (bicyclic) bond motifs is 3. The van der Waals surface area contributed by atoms with Crippen molar-refractivity contribution >= 4 is 0 Å². The maximum atomic E-state index is 3.76. The van der Waals surface area contributed by atoms with Gasteiger partial charge >= 0.3 is 0 Å². The molecule has 3 aliphatic rings. The third-order valence-corrected chi connectivity index (χ3v) is 5.63. The molecule has 1 aromatic carbocycles. The van der Waals surface area contributed by atoms with Crippen LogP contribution in [0.5, 0.6) is 0 Å². The molecule has 0 aromatic heterocycles. The Morgan fingerprint density at radius 2 is 1.53 bits per heavy atom. The Morgan fingerprint density at radius 1 is 0.947 bits per heavy atom. The predicted octanol–water partition coefficient (Wildman–Crippen LogP) is 2.37. The summed E-state index contributed by atoms with van der Waals surface area (Å²) in [5.74, 6) is 0. The minimum absolute atomic E-state index is 0.736. The lowest BCUT2D eigenvalue weighted by Gasteiger charge is -2.38. The van der Waals surface area contributed by atoms with Crippen LogP contribution in [0, 0.1) is 0 Å². The Bertz CT molecular complexity index is 433. The summed E-state index contributed by atoms with van der Waals surface area (Å²) in [7, 11) is 2.37. The highest BCUT2D eigenvalue weighted by Gasteiger charge is 2.37. The van der Waals surface area contributed by atoms with Gasteiger partial charge in [-0.3, -0.25) is 4.90 Å². The third kappa shape index (κ3) is 2.11. The van der Waals surface area contributed by atoms with Gasteiger partial charge in [-0.2, -0.15) is 0 Å². The quantitative estimate of drug-likeness (QED) is 0.874. The fraction of sp³-hybridized carbons (Fsp3) is 0.647. The van der Waals surface area contributed by atoms with Gasteiger partial charge in [0.05, 0.1) is 0 Å². The Labute approximate surface area is 116 Å². The molecule has 0 saturated carbocycles. The molecule has 1 aliphatic carbocycles. The zero-order valence-corrected chi connectivity index (χ0v) is 11.8. The number of nitrogens with one attached hydrogen (secondary N) is 1. The summed E-state index contributed by atoms with van der Waals surface area (Å²) in [6.07, 6.45) is 8.04. The molecule has 2 unspecified atom stereocenters. The van der Waals surface area contributed by atoms with Crippen molar-refractivity contribution in [2.24, 2.45) is 0 Å². The lowest BCUT2D eigenvalue weighted by molar-refractivity contribution is 0.128. The molecule has 2 fully saturated rings. The molecule has 0 amide bonds. The van der Waals surface area contributed by atoms with Gasteiger partial charge < -0.3 is 5.32 Å². The molecule has 2 saturated heterocycles. The number of piperidine rings is 1. The Morgan fingerprint density at radius 3 is 2.11 bits per heavy atom. The van der Waals surface area contributed by atoms with Crippen LogP contribution < -0.4 is 5.32 Å². The minimum atomic E-state index is 0.736. The van der Waals surface area contributed by atoms with Crippen LogP contribution in [0.2, 0.25) is 0 Å². The molecule has 4 rings (SSSR count). The number of benzene rings is 1. The largest absolute Gasteiger partial charge is 0.311 e. The fourth-order valence-corrected chi connectivity index (χ4v) is 4.48. The summed E-state index contributed by atoms with van der Waals surface area (Å²) in [5, 5.41) is 3.76. The van der Waals surface area contributed by atoms with Crippen LogP contribution in [-0.2, 0) is 12.8 Å². The Balaban J connectivity index is 1.46. The molecule has 2 nitrogen and oxygen atoms in total. The number of rotatable bonds is 2. The minimum Gasteiger partial charge on any atom is -0.311 e. The van der Waals surface area contributed by atoms with E-state index in [4.69, 9.17) is 0 Å². The first-order valence-corrected chi connectivity index (χ1v) is 7.84. The lowest BCUT2D eigenvalue weighted by atomic mass is 9.96. The fourth-order valence-electron chi connectivity index (χ4n) is 4.48. The van der Waals surface area contributed by atoms with Crippen molar-refractivity contribution in [3.8, 4) is 0 Å². The second kappa shape index (κ2) is 4.60. The molecule has 0 spiro atoms. The molecule has 1 N–H and O–H groups in total. The summed E-state index contributed by atoms with van der Waals surface area (Å²) in [4.78, 5) is 2.70. The van der Waals surface area contributed by atoms with Crippen molar-refractivity contribution in [3.63, 3.8) is 0 Å². The second-order valence-corrected chi connectivity index (χ2v) is 6.76. The summed E-state index contributed by atoms with van der Waals surface area (Å²) in [5.41, 5.74) is 3.16. The van der Waals surface area contributed by atoms with Crippen LogP contribution in [0.15, 0.2) is 24.3 Å². The molecule has 1 aromatic rings. The molecule has 2 heterocycles. The SMILES string of the molecule is CN(C1Cc2ccccc2C1)C1CC2CCC(C1)N2. The molecule has 2 aliphatic heterocycles. The maximum absolute atomic E-state index is 3.76. The first-order valence-electron chi connectivity index (χ1n) is 7.84. The first-order chi connectivity index (χ1) is 9.29. The van der Waals surface area contributed by atoms with Gasteiger partial charge in [-0.05, 0) is 56.7 Å². The third-order valence-electron chi connectivity index (χ3n) is 5.63. The van der Waals surface area contributed by atoms with Crippen LogP contribution >= 0.6 is 0 Å². The zero-order valence-electron chi connectivity index (χ0n) is 11.8. The van der Waals surface area contributed by atoms with Crippen LogP contribution in [0.4, 0.5) is 0 Å². The molecule has 0 radical (unpaired) electrons. The summed E-state index contributed by atoms with van der Waals surface area (Å²) >= 11 is 0. The van der Waals surface area contributed by atoms with Crippen molar-refractivity contribution in [2.75, 3.05) is 7.05 Å². The van der Waals surface area contributed by atoms with Gasteiger partial charge in [0.1, 0.15) is 0 Å². The van der Waals surface area contributed by atoms with E-state index in [2.05, 4.69) is 41.5 Å². The normalized spacial score (nSPS) is 33.9. The second-order valence-electron chi connectivity index (χ2n) is 6.76. The lowest BCUT2D eigenvalue weighted by Crippen LogP contribution is -2.50. The Hall–Kier alpha value is -0.860. The van der Waals surface area contributed by atoms with E-state index in [9.17, 15) is 0 Å². The van der Waals surface area contributed by atoms with E-state index in [0.717, 1.165) is 24.2 Å². The average molecular weight is 256 g/mol. The van der Waals surface area contributed by atoms with Crippen molar-refractivity contribution in [1.29, 1.82) is 0 Å². The smallest absolute Gasteiger partial charge is 0.0176 e. The van der Waals surface area contributed by atoms with Gasteiger partial charge in [0.2, 0.25) is 0 Å². The number of likely N-dealkylation sites (N-methyl/N-ethyl adjacent to an activating group) is 1. The van der Waals surface area contributed by atoms with E-state index < -0.39 is 0 Å². The molecule has 2 bridgehead atoms. The highest BCUT2D eigenvalue weighted by molar-refractivity contribution is 5.33. The van der Waals surface area contributed by atoms with Gasteiger partial charge in [-0.1, -0.05) is 24.3 Å². The maximum Gasteiger partial charge on any atom is 0.0176 e. The number of hydrogen-bond acceptors (Lipinski definition) is 2.